The van der Waals surface area contributed by atoms with Gasteiger partial charge in [0.2, 0.25) is 6.08 Å². The molecule has 78 valence electrons. The summed E-state index contributed by atoms with van der Waals surface area (Å²) in [5.41, 5.74) is 3.78. The lowest BCUT2D eigenvalue weighted by molar-refractivity contribution is 0.407. The van der Waals surface area contributed by atoms with Gasteiger partial charge in [-0.2, -0.15) is 4.99 Å². The van der Waals surface area contributed by atoms with Crippen molar-refractivity contribution in [2.45, 2.75) is 38.6 Å². The first-order chi connectivity index (χ1) is 7.13. The van der Waals surface area contributed by atoms with Crippen LogP contribution in [-0.2, 0) is 17.6 Å². The Morgan fingerprint density at radius 2 is 2.20 bits per heavy atom. The van der Waals surface area contributed by atoms with Gasteiger partial charge in [0.05, 0.1) is 5.54 Å². The van der Waals surface area contributed by atoms with Gasteiger partial charge in [-0.25, -0.2) is 4.79 Å². The van der Waals surface area contributed by atoms with E-state index in [4.69, 9.17) is 0 Å². The molecule has 0 radical (unpaired) electrons. The highest BCUT2D eigenvalue weighted by Gasteiger charge is 2.29. The van der Waals surface area contributed by atoms with Crippen LogP contribution in [0.15, 0.2) is 23.2 Å². The third-order valence-corrected chi connectivity index (χ3v) is 3.18. The molecular weight excluding hydrogens is 186 g/mol. The van der Waals surface area contributed by atoms with Crippen LogP contribution >= 0.6 is 0 Å². The molecule has 0 aromatic heterocycles. The Morgan fingerprint density at radius 1 is 1.40 bits per heavy atom. The quantitative estimate of drug-likeness (QED) is 0.507. The molecule has 0 N–H and O–H groups in total. The molecule has 2 rings (SSSR count). The highest BCUT2D eigenvalue weighted by molar-refractivity contribution is 5.39. The number of fused-ring (bicyclic) bond motifs is 1. The molecule has 0 fully saturated rings. The molecule has 0 saturated carbocycles. The fourth-order valence-electron chi connectivity index (χ4n) is 2.27. The van der Waals surface area contributed by atoms with E-state index in [-0.39, 0.29) is 5.54 Å². The van der Waals surface area contributed by atoms with Crippen molar-refractivity contribution in [1.29, 1.82) is 0 Å². The molecule has 0 saturated heterocycles. The van der Waals surface area contributed by atoms with E-state index < -0.39 is 0 Å². The maximum absolute atomic E-state index is 10.4. The van der Waals surface area contributed by atoms with Gasteiger partial charge in [0.15, 0.2) is 0 Å². The van der Waals surface area contributed by atoms with Gasteiger partial charge in [-0.1, -0.05) is 23.8 Å². The van der Waals surface area contributed by atoms with Gasteiger partial charge < -0.3 is 0 Å². The van der Waals surface area contributed by atoms with E-state index in [1.165, 1.54) is 16.7 Å². The van der Waals surface area contributed by atoms with E-state index >= 15 is 0 Å². The molecule has 2 nitrogen and oxygen atoms in total. The number of aryl methyl sites for hydroxylation is 2. The topological polar surface area (TPSA) is 29.4 Å². The maximum Gasteiger partial charge on any atom is 0.235 e. The van der Waals surface area contributed by atoms with E-state index in [0.29, 0.717) is 0 Å². The molecule has 1 unspecified atom stereocenters. The lowest BCUT2D eigenvalue weighted by Gasteiger charge is -2.30. The van der Waals surface area contributed by atoms with Gasteiger partial charge in [0.25, 0.3) is 0 Å². The van der Waals surface area contributed by atoms with Crippen LogP contribution in [0, 0.1) is 6.92 Å². The van der Waals surface area contributed by atoms with E-state index in [2.05, 4.69) is 30.1 Å². The Bertz CT molecular complexity index is 432. The Balaban J connectivity index is 2.36. The van der Waals surface area contributed by atoms with Crippen molar-refractivity contribution in [1.82, 2.24) is 0 Å². The monoisotopic (exact) mass is 201 g/mol. The molecule has 0 aliphatic heterocycles. The second-order valence-electron chi connectivity index (χ2n) is 4.65. The summed E-state index contributed by atoms with van der Waals surface area (Å²) in [7, 11) is 0. The van der Waals surface area contributed by atoms with Gasteiger partial charge >= 0.3 is 0 Å². The lowest BCUT2D eigenvalue weighted by Crippen LogP contribution is -2.30. The minimum absolute atomic E-state index is 0.234. The van der Waals surface area contributed by atoms with Gasteiger partial charge in [-0.3, -0.25) is 0 Å². The number of rotatable bonds is 1. The minimum Gasteiger partial charge on any atom is -0.211 e. The number of hydrogen-bond donors (Lipinski definition) is 0. The summed E-state index contributed by atoms with van der Waals surface area (Å²) in [5, 5.41) is 0. The fraction of sp³-hybridized carbons (Fsp3) is 0.462. The van der Waals surface area contributed by atoms with E-state index in [9.17, 15) is 4.79 Å². The van der Waals surface area contributed by atoms with Gasteiger partial charge in [0.1, 0.15) is 0 Å². The zero-order valence-corrected chi connectivity index (χ0v) is 9.21. The summed E-state index contributed by atoms with van der Waals surface area (Å²) in [4.78, 5) is 14.3. The first-order valence-electron chi connectivity index (χ1n) is 5.30. The molecule has 1 aromatic rings. The van der Waals surface area contributed by atoms with Crippen LogP contribution in [0.1, 0.15) is 30.0 Å². The molecule has 1 atom stereocenters. The minimum atomic E-state index is -0.234. The van der Waals surface area contributed by atoms with Crippen LogP contribution in [0.25, 0.3) is 0 Å². The molecule has 0 heterocycles. The average molecular weight is 201 g/mol. The molecule has 1 aromatic carbocycles. The van der Waals surface area contributed by atoms with Crippen molar-refractivity contribution in [2.24, 2.45) is 4.99 Å². The normalized spacial score (nSPS) is 24.1. The third-order valence-electron chi connectivity index (χ3n) is 3.18. The van der Waals surface area contributed by atoms with Crippen molar-refractivity contribution < 1.29 is 4.79 Å². The number of aliphatic imine (C=N–C) groups is 1. The molecular formula is C13H15NO. The Labute approximate surface area is 90.0 Å². The largest absolute Gasteiger partial charge is 0.235 e. The summed E-state index contributed by atoms with van der Waals surface area (Å²) in [6, 6.07) is 6.53. The summed E-state index contributed by atoms with van der Waals surface area (Å²) in [5.74, 6) is 0. The average Bonchev–Trinajstić information content (AvgIpc) is 2.17. The molecule has 0 amide bonds. The Morgan fingerprint density at radius 3 is 2.93 bits per heavy atom. The van der Waals surface area contributed by atoms with Crippen LogP contribution < -0.4 is 0 Å². The summed E-state index contributed by atoms with van der Waals surface area (Å²) >= 11 is 0. The molecule has 2 heteroatoms. The van der Waals surface area contributed by atoms with Crippen molar-refractivity contribution in [3.05, 3.63) is 34.9 Å². The van der Waals surface area contributed by atoms with Crippen molar-refractivity contribution in [2.75, 3.05) is 0 Å². The number of carbonyl (C=O) groups excluding carboxylic acids is 1. The smallest absolute Gasteiger partial charge is 0.211 e. The van der Waals surface area contributed by atoms with E-state index in [1.807, 2.05) is 6.92 Å². The highest BCUT2D eigenvalue weighted by atomic mass is 16.1. The van der Waals surface area contributed by atoms with Gasteiger partial charge in [0, 0.05) is 0 Å². The van der Waals surface area contributed by atoms with E-state index in [1.54, 1.807) is 6.08 Å². The second-order valence-corrected chi connectivity index (χ2v) is 4.65. The highest BCUT2D eigenvalue weighted by Crippen LogP contribution is 2.31. The Kier molecular flexibility index (Phi) is 2.45. The second kappa shape index (κ2) is 3.63. The molecule has 15 heavy (non-hydrogen) atoms. The summed E-state index contributed by atoms with van der Waals surface area (Å²) in [6.07, 6.45) is 4.51. The molecule has 0 spiro atoms. The SMILES string of the molecule is Cc1ccc2c(c1)CC(C)(N=C=O)CC2. The summed E-state index contributed by atoms with van der Waals surface area (Å²) < 4.78 is 0. The first kappa shape index (κ1) is 10.1. The Hall–Kier alpha value is -1.40. The van der Waals surface area contributed by atoms with Gasteiger partial charge in [-0.05, 0) is 44.2 Å². The predicted molar refractivity (Wildman–Crippen MR) is 59.7 cm³/mol. The van der Waals surface area contributed by atoms with E-state index in [0.717, 1.165) is 19.3 Å². The maximum atomic E-state index is 10.4. The van der Waals surface area contributed by atoms with Crippen molar-refractivity contribution in [3.8, 4) is 0 Å². The van der Waals surface area contributed by atoms with Crippen molar-refractivity contribution in [3.63, 3.8) is 0 Å². The molecule has 1 aliphatic rings. The predicted octanol–water partition coefficient (Wildman–Crippen LogP) is 2.58. The van der Waals surface area contributed by atoms with Crippen LogP contribution in [0.3, 0.4) is 0 Å². The van der Waals surface area contributed by atoms with Crippen LogP contribution in [0.2, 0.25) is 0 Å². The standard InChI is InChI=1S/C13H15NO/c1-10-3-4-11-5-6-13(2,14-9-15)8-12(11)7-10/h3-4,7H,5-6,8H2,1-2H3. The number of benzene rings is 1. The fourth-order valence-corrected chi connectivity index (χ4v) is 2.27. The number of hydrogen-bond acceptors (Lipinski definition) is 2. The van der Waals surface area contributed by atoms with Crippen LogP contribution in [0.5, 0.6) is 0 Å². The first-order valence-corrected chi connectivity index (χ1v) is 5.30. The zero-order valence-electron chi connectivity index (χ0n) is 9.21. The summed E-state index contributed by atoms with van der Waals surface area (Å²) in [6.45, 7) is 4.12. The third kappa shape index (κ3) is 2.00. The van der Waals surface area contributed by atoms with Gasteiger partial charge in [-0.15, -0.1) is 0 Å². The number of isocyanates is 1. The van der Waals surface area contributed by atoms with Crippen LogP contribution in [0.4, 0.5) is 0 Å². The molecule has 1 aliphatic carbocycles. The number of nitrogens with zero attached hydrogens (tertiary/aromatic N) is 1. The van der Waals surface area contributed by atoms with Crippen molar-refractivity contribution >= 4 is 6.08 Å². The van der Waals surface area contributed by atoms with Crippen LogP contribution in [-0.4, -0.2) is 11.6 Å². The molecule has 0 bridgehead atoms. The zero-order chi connectivity index (χ0) is 10.9. The lowest BCUT2D eigenvalue weighted by atomic mass is 9.79.